The van der Waals surface area contributed by atoms with Crippen LogP contribution in [-0.2, 0) is 54.5 Å². The monoisotopic (exact) mass is 816 g/mol. The second kappa shape index (κ2) is 20.0. The molecule has 0 radical (unpaired) electrons. The van der Waals surface area contributed by atoms with Crippen LogP contribution >= 0.6 is 23.2 Å². The fourth-order valence-electron chi connectivity index (χ4n) is 6.39. The van der Waals surface area contributed by atoms with Gasteiger partial charge in [-0.25, -0.2) is 0 Å². The number of aliphatic hydroxyl groups is 2. The SMILES string of the molecule is O=C(O)[C@@H]1CC(=O)[C@@H](CCc2ccccc2)NC(=O)[C@H](Cc2ccc(Cl)cc2Cl)NC(=O)[C@@H](Cc2ccccc2)NC(=O)[C@H](O)[C@@H](O)C(=O)Nc2ccc(cc2)C1. The van der Waals surface area contributed by atoms with Crippen LogP contribution in [-0.4, -0.2) is 81.0 Å². The number of aliphatic carboxylic acids is 1. The number of anilines is 1. The third kappa shape index (κ3) is 12.2. The van der Waals surface area contributed by atoms with Crippen molar-refractivity contribution in [2.24, 2.45) is 5.92 Å². The van der Waals surface area contributed by atoms with Gasteiger partial charge in [0.15, 0.2) is 18.0 Å². The van der Waals surface area contributed by atoms with Crippen molar-refractivity contribution in [1.82, 2.24) is 16.0 Å². The van der Waals surface area contributed by atoms with E-state index in [4.69, 9.17) is 23.2 Å². The molecule has 6 rings (SSSR count). The van der Waals surface area contributed by atoms with Gasteiger partial charge in [-0.05, 0) is 65.8 Å². The van der Waals surface area contributed by atoms with Gasteiger partial charge in [-0.2, -0.15) is 0 Å². The van der Waals surface area contributed by atoms with Crippen molar-refractivity contribution in [2.75, 3.05) is 5.32 Å². The first-order chi connectivity index (χ1) is 27.3. The van der Waals surface area contributed by atoms with Crippen molar-refractivity contribution in [1.29, 1.82) is 0 Å². The Balaban J connectivity index is 1.54. The lowest BCUT2D eigenvalue weighted by Gasteiger charge is -2.27. The number of nitrogens with one attached hydrogen (secondary N) is 4. The minimum absolute atomic E-state index is 0.0767. The van der Waals surface area contributed by atoms with Gasteiger partial charge in [0.25, 0.3) is 11.8 Å². The van der Waals surface area contributed by atoms with Gasteiger partial charge in [0, 0.05) is 35.0 Å². The number of hydrogen-bond donors (Lipinski definition) is 7. The van der Waals surface area contributed by atoms with Crippen LogP contribution < -0.4 is 21.3 Å². The van der Waals surface area contributed by atoms with E-state index in [2.05, 4.69) is 21.3 Å². The summed E-state index contributed by atoms with van der Waals surface area (Å²) in [6.07, 6.45) is -4.98. The summed E-state index contributed by atoms with van der Waals surface area (Å²) in [6, 6.07) is 24.2. The Morgan fingerprint density at radius 2 is 1.19 bits per heavy atom. The molecule has 0 unspecified atom stereocenters. The largest absolute Gasteiger partial charge is 0.481 e. The highest BCUT2D eigenvalue weighted by Crippen LogP contribution is 2.23. The highest BCUT2D eigenvalue weighted by molar-refractivity contribution is 6.35. The molecule has 4 aromatic rings. The molecule has 4 aromatic carbocycles. The fourth-order valence-corrected chi connectivity index (χ4v) is 6.88. The Kier molecular flexibility index (Phi) is 14.9. The molecule has 13 nitrogen and oxygen atoms in total. The van der Waals surface area contributed by atoms with E-state index < -0.39 is 78.1 Å². The smallest absolute Gasteiger partial charge is 0.307 e. The zero-order valence-electron chi connectivity index (χ0n) is 30.6. The third-order valence-corrected chi connectivity index (χ3v) is 10.2. The Hall–Kier alpha value is -5.60. The quantitative estimate of drug-likeness (QED) is 0.130. The molecule has 6 atom stereocenters. The van der Waals surface area contributed by atoms with E-state index in [9.17, 15) is 44.1 Å². The number of halogens is 2. The van der Waals surface area contributed by atoms with Crippen LogP contribution in [0.1, 0.15) is 35.1 Å². The molecule has 0 spiro atoms. The number of carboxylic acids is 1. The fraction of sp³-hybridized carbons (Fsp3) is 0.286. The number of benzene rings is 4. The summed E-state index contributed by atoms with van der Waals surface area (Å²) in [5, 5.41) is 42.3. The number of rotatable bonds is 8. The molecule has 57 heavy (non-hydrogen) atoms. The summed E-state index contributed by atoms with van der Waals surface area (Å²) in [5.41, 5.74) is 2.54. The maximum atomic E-state index is 14.3. The molecule has 2 bridgehead atoms. The van der Waals surface area contributed by atoms with E-state index in [1.807, 2.05) is 30.3 Å². The minimum Gasteiger partial charge on any atom is -0.481 e. The van der Waals surface area contributed by atoms with Gasteiger partial charge in [-0.3, -0.25) is 28.8 Å². The number of amides is 4. The van der Waals surface area contributed by atoms with Crippen LogP contribution in [0, 0.1) is 5.92 Å². The molecule has 2 heterocycles. The lowest BCUT2D eigenvalue weighted by atomic mass is 9.90. The molecule has 0 fully saturated rings. The highest BCUT2D eigenvalue weighted by atomic mass is 35.5. The van der Waals surface area contributed by atoms with Crippen LogP contribution in [0.3, 0.4) is 0 Å². The number of Topliss-reactive ketones (excluding diaryl/α,β-unsaturated/α-hetero) is 1. The summed E-state index contributed by atoms with van der Waals surface area (Å²) < 4.78 is 0. The molecule has 4 amide bonds. The van der Waals surface area contributed by atoms with Crippen molar-refractivity contribution >= 4 is 64.3 Å². The van der Waals surface area contributed by atoms with Gasteiger partial charge in [0.2, 0.25) is 11.8 Å². The summed E-state index contributed by atoms with van der Waals surface area (Å²) in [6.45, 7) is 0. The molecule has 7 N–H and O–H groups in total. The zero-order valence-corrected chi connectivity index (χ0v) is 32.1. The number of carbonyl (C=O) groups excluding carboxylic acids is 5. The van der Waals surface area contributed by atoms with E-state index >= 15 is 0 Å². The van der Waals surface area contributed by atoms with E-state index in [0.29, 0.717) is 28.1 Å². The first-order valence-corrected chi connectivity index (χ1v) is 19.0. The first kappa shape index (κ1) is 42.5. The van der Waals surface area contributed by atoms with Crippen molar-refractivity contribution in [3.8, 4) is 0 Å². The summed E-state index contributed by atoms with van der Waals surface area (Å²) in [5.74, 6) is -7.05. The van der Waals surface area contributed by atoms with Gasteiger partial charge in [-0.15, -0.1) is 0 Å². The van der Waals surface area contributed by atoms with E-state index in [0.717, 1.165) is 5.56 Å². The van der Waals surface area contributed by atoms with Crippen molar-refractivity contribution in [3.05, 3.63) is 135 Å². The number of carboxylic acid groups (broad SMARTS) is 1. The number of fused-ring (bicyclic) bond motifs is 18. The first-order valence-electron chi connectivity index (χ1n) is 18.2. The average molecular weight is 818 g/mol. The Labute approximate surface area is 338 Å². The van der Waals surface area contributed by atoms with E-state index in [1.165, 1.54) is 30.3 Å². The molecule has 0 saturated heterocycles. The normalized spacial score (nSPS) is 22.7. The van der Waals surface area contributed by atoms with Crippen molar-refractivity contribution < 1.29 is 44.1 Å². The third-order valence-electron chi connectivity index (χ3n) is 9.59. The van der Waals surface area contributed by atoms with E-state index in [-0.39, 0.29) is 36.4 Å². The summed E-state index contributed by atoms with van der Waals surface area (Å²) in [7, 11) is 0. The molecule has 0 saturated carbocycles. The van der Waals surface area contributed by atoms with Crippen LogP contribution in [0.15, 0.2) is 103 Å². The van der Waals surface area contributed by atoms with Gasteiger partial charge in [0.1, 0.15) is 12.1 Å². The van der Waals surface area contributed by atoms with E-state index in [1.54, 1.807) is 42.5 Å². The second-order valence-electron chi connectivity index (χ2n) is 13.8. The highest BCUT2D eigenvalue weighted by Gasteiger charge is 2.36. The Bertz CT molecular complexity index is 2070. The van der Waals surface area contributed by atoms with Crippen molar-refractivity contribution in [3.63, 3.8) is 0 Å². The molecule has 2 aliphatic heterocycles. The summed E-state index contributed by atoms with van der Waals surface area (Å²) >= 11 is 12.6. The predicted molar refractivity (Wildman–Crippen MR) is 212 cm³/mol. The number of ketones is 1. The molecular weight excluding hydrogens is 775 g/mol. The lowest BCUT2D eigenvalue weighted by Crippen LogP contribution is -2.58. The number of aryl methyl sites for hydroxylation is 1. The zero-order chi connectivity index (χ0) is 41.1. The molecule has 0 aromatic heterocycles. The van der Waals surface area contributed by atoms with Crippen LogP contribution in [0.2, 0.25) is 10.0 Å². The number of carbonyl (C=O) groups is 6. The summed E-state index contributed by atoms with van der Waals surface area (Å²) in [4.78, 5) is 81.2. The Morgan fingerprint density at radius 3 is 1.81 bits per heavy atom. The van der Waals surface area contributed by atoms with Gasteiger partial charge >= 0.3 is 5.97 Å². The predicted octanol–water partition coefficient (Wildman–Crippen LogP) is 3.44. The van der Waals surface area contributed by atoms with Crippen LogP contribution in [0.4, 0.5) is 5.69 Å². The van der Waals surface area contributed by atoms with Gasteiger partial charge in [-0.1, -0.05) is 102 Å². The number of hydrogen-bond acceptors (Lipinski definition) is 8. The molecular formula is C42H42Cl2N4O9. The van der Waals surface area contributed by atoms with Crippen LogP contribution in [0.5, 0.6) is 0 Å². The number of aliphatic hydroxyl groups excluding tert-OH is 2. The van der Waals surface area contributed by atoms with Gasteiger partial charge in [0.05, 0.1) is 12.0 Å². The topological polar surface area (TPSA) is 211 Å². The lowest BCUT2D eigenvalue weighted by molar-refractivity contribution is -0.145. The molecule has 0 aliphatic carbocycles. The molecule has 298 valence electrons. The maximum Gasteiger partial charge on any atom is 0.307 e. The molecule has 2 aliphatic rings. The average Bonchev–Trinajstić information content (AvgIpc) is 3.19. The van der Waals surface area contributed by atoms with Crippen molar-refractivity contribution in [2.45, 2.75) is 68.9 Å². The van der Waals surface area contributed by atoms with Crippen LogP contribution in [0.25, 0.3) is 0 Å². The second-order valence-corrected chi connectivity index (χ2v) is 14.7. The standard InChI is InChI=1S/C42H42Cl2N4O9/c43-29-15-14-27(31(44)23-29)21-34-39(53)46-32(18-13-24-7-3-1-4-8-24)35(49)22-28(42(56)57)19-26-11-16-30(17-12-26)45-40(54)36(50)37(51)41(55)48-33(38(52)47-34)20-25-9-5-2-6-10-25/h1-12,14-17,23,28,32-34,36-37,50-51H,13,18-22H2,(H,45,54)(H,46,53)(H,47,52)(H,48,55)(H,56,57)/t28-,32+,33+,34-,36+,37+/m0/s1. The maximum absolute atomic E-state index is 14.3. The van der Waals surface area contributed by atoms with Gasteiger partial charge < -0.3 is 36.6 Å². The molecule has 15 heteroatoms. The minimum atomic E-state index is -2.32. The Morgan fingerprint density at radius 1 is 0.632 bits per heavy atom.